The number of piperidine rings is 1. The summed E-state index contributed by atoms with van der Waals surface area (Å²) in [4.78, 5) is 2.47. The van der Waals surface area contributed by atoms with Gasteiger partial charge in [0.25, 0.3) is 0 Å². The molecule has 14 heavy (non-hydrogen) atoms. The molecule has 1 aliphatic rings. The van der Waals surface area contributed by atoms with Crippen molar-refractivity contribution in [3.8, 4) is 0 Å². The Balaban J connectivity index is 2.21. The van der Waals surface area contributed by atoms with E-state index in [0.29, 0.717) is 5.88 Å². The Morgan fingerprint density at radius 2 is 2.36 bits per heavy atom. The van der Waals surface area contributed by atoms with Gasteiger partial charge in [-0.25, -0.2) is 0 Å². The van der Waals surface area contributed by atoms with Crippen molar-refractivity contribution in [2.24, 2.45) is 5.92 Å². The van der Waals surface area contributed by atoms with Crippen LogP contribution in [0.15, 0.2) is 12.2 Å². The minimum Gasteiger partial charge on any atom is -0.384 e. The van der Waals surface area contributed by atoms with Crippen LogP contribution >= 0.6 is 11.6 Å². The zero-order valence-corrected chi connectivity index (χ0v) is 9.67. The van der Waals surface area contributed by atoms with E-state index in [1.54, 1.807) is 7.11 Å². The highest BCUT2D eigenvalue weighted by Crippen LogP contribution is 2.16. The molecule has 0 saturated carbocycles. The summed E-state index contributed by atoms with van der Waals surface area (Å²) < 4.78 is 5.19. The van der Waals surface area contributed by atoms with E-state index >= 15 is 0 Å². The Labute approximate surface area is 91.9 Å². The van der Waals surface area contributed by atoms with Gasteiger partial charge in [0, 0.05) is 26.1 Å². The molecule has 82 valence electrons. The van der Waals surface area contributed by atoms with Crippen molar-refractivity contribution in [2.75, 3.05) is 39.2 Å². The lowest BCUT2D eigenvalue weighted by Crippen LogP contribution is -2.37. The quantitative estimate of drug-likeness (QED) is 0.517. The number of ether oxygens (including phenoxy) is 1. The first kappa shape index (κ1) is 12.0. The minimum absolute atomic E-state index is 0.620. The lowest BCUT2D eigenvalue weighted by Gasteiger charge is -2.31. The fraction of sp³-hybridized carbons (Fsp3) is 0.818. The number of likely N-dealkylation sites (tertiary alicyclic amines) is 1. The summed E-state index contributed by atoms with van der Waals surface area (Å²) >= 11 is 5.57. The third-order valence-electron chi connectivity index (χ3n) is 2.62. The van der Waals surface area contributed by atoms with E-state index in [1.165, 1.54) is 25.9 Å². The number of hydrogen-bond donors (Lipinski definition) is 0. The highest BCUT2D eigenvalue weighted by Gasteiger charge is 2.18. The van der Waals surface area contributed by atoms with Gasteiger partial charge in [-0.3, -0.25) is 4.90 Å². The number of nitrogens with zero attached hydrogens (tertiary/aromatic N) is 1. The molecule has 1 saturated heterocycles. The van der Waals surface area contributed by atoms with Crippen molar-refractivity contribution in [1.82, 2.24) is 4.90 Å². The van der Waals surface area contributed by atoms with E-state index in [-0.39, 0.29) is 0 Å². The number of halogens is 1. The van der Waals surface area contributed by atoms with Gasteiger partial charge in [0.05, 0.1) is 6.61 Å². The molecule has 1 atom stereocenters. The molecule has 2 nitrogen and oxygen atoms in total. The maximum Gasteiger partial charge on any atom is 0.0502 e. The van der Waals surface area contributed by atoms with Crippen LogP contribution in [0.1, 0.15) is 12.8 Å². The van der Waals surface area contributed by atoms with Gasteiger partial charge in [0.2, 0.25) is 0 Å². The molecule has 1 rings (SSSR count). The Hall–Kier alpha value is -0.0500. The number of hydrogen-bond acceptors (Lipinski definition) is 2. The summed E-state index contributed by atoms with van der Waals surface area (Å²) in [5.41, 5.74) is 0. The smallest absolute Gasteiger partial charge is 0.0502 e. The zero-order valence-electron chi connectivity index (χ0n) is 8.92. The fourth-order valence-electron chi connectivity index (χ4n) is 1.98. The third-order valence-corrected chi connectivity index (χ3v) is 2.80. The Bertz CT molecular complexity index is 171. The highest BCUT2D eigenvalue weighted by molar-refractivity contribution is 6.18. The zero-order chi connectivity index (χ0) is 10.2. The van der Waals surface area contributed by atoms with Crippen molar-refractivity contribution in [3.05, 3.63) is 12.2 Å². The standard InChI is InChI=1S/C11H20ClNO/c1-14-10-11-5-4-8-13(9-11)7-3-2-6-12/h2-3,11H,4-10H2,1H3/b3-2+. The molecular weight excluding hydrogens is 198 g/mol. The van der Waals surface area contributed by atoms with E-state index in [2.05, 4.69) is 11.0 Å². The molecule has 0 amide bonds. The lowest BCUT2D eigenvalue weighted by molar-refractivity contribution is 0.0960. The van der Waals surface area contributed by atoms with E-state index in [4.69, 9.17) is 16.3 Å². The average molecular weight is 218 g/mol. The van der Waals surface area contributed by atoms with Gasteiger partial charge in [0.1, 0.15) is 0 Å². The first-order valence-electron chi connectivity index (χ1n) is 5.29. The third kappa shape index (κ3) is 4.45. The van der Waals surface area contributed by atoms with Gasteiger partial charge in [-0.2, -0.15) is 0 Å². The fourth-order valence-corrected chi connectivity index (χ4v) is 2.10. The molecule has 0 aromatic carbocycles. The lowest BCUT2D eigenvalue weighted by atomic mass is 9.99. The van der Waals surface area contributed by atoms with Crippen molar-refractivity contribution in [2.45, 2.75) is 12.8 Å². The van der Waals surface area contributed by atoms with Crippen LogP contribution in [0.3, 0.4) is 0 Å². The molecule has 1 fully saturated rings. The second-order valence-electron chi connectivity index (χ2n) is 3.85. The molecule has 0 radical (unpaired) electrons. The van der Waals surface area contributed by atoms with Crippen LogP contribution in [0.4, 0.5) is 0 Å². The Kier molecular flexibility index (Phi) is 6.24. The molecule has 1 aliphatic heterocycles. The molecule has 0 aliphatic carbocycles. The molecule has 0 bridgehead atoms. The summed E-state index contributed by atoms with van der Waals surface area (Å²) in [5.74, 6) is 1.34. The van der Waals surface area contributed by atoms with Gasteiger partial charge in [-0.05, 0) is 25.3 Å². The number of allylic oxidation sites excluding steroid dienone is 1. The Morgan fingerprint density at radius 3 is 3.07 bits per heavy atom. The molecule has 3 heteroatoms. The van der Waals surface area contributed by atoms with Gasteiger partial charge < -0.3 is 4.74 Å². The second kappa shape index (κ2) is 7.27. The molecule has 0 aromatic heterocycles. The maximum atomic E-state index is 5.57. The van der Waals surface area contributed by atoms with Crippen molar-refractivity contribution in [1.29, 1.82) is 0 Å². The number of methoxy groups -OCH3 is 1. The Morgan fingerprint density at radius 1 is 1.50 bits per heavy atom. The monoisotopic (exact) mass is 217 g/mol. The highest BCUT2D eigenvalue weighted by atomic mass is 35.5. The van der Waals surface area contributed by atoms with Crippen LogP contribution in [0.2, 0.25) is 0 Å². The summed E-state index contributed by atoms with van der Waals surface area (Å²) in [7, 11) is 1.78. The summed E-state index contributed by atoms with van der Waals surface area (Å²) in [6, 6.07) is 0. The molecule has 0 aromatic rings. The van der Waals surface area contributed by atoms with Gasteiger partial charge in [-0.15, -0.1) is 11.6 Å². The topological polar surface area (TPSA) is 12.5 Å². The normalized spacial score (nSPS) is 24.6. The van der Waals surface area contributed by atoms with Gasteiger partial charge >= 0.3 is 0 Å². The van der Waals surface area contributed by atoms with Crippen molar-refractivity contribution < 1.29 is 4.74 Å². The largest absolute Gasteiger partial charge is 0.384 e. The summed E-state index contributed by atoms with van der Waals surface area (Å²) in [6.45, 7) is 4.32. The first-order valence-corrected chi connectivity index (χ1v) is 5.82. The van der Waals surface area contributed by atoms with E-state index in [9.17, 15) is 0 Å². The first-order chi connectivity index (χ1) is 6.86. The van der Waals surface area contributed by atoms with Crippen LogP contribution in [-0.2, 0) is 4.74 Å². The molecule has 1 heterocycles. The predicted molar refractivity (Wildman–Crippen MR) is 60.9 cm³/mol. The van der Waals surface area contributed by atoms with E-state index in [0.717, 1.165) is 19.1 Å². The SMILES string of the molecule is COCC1CCCN(C/C=C/CCl)C1. The number of rotatable bonds is 5. The maximum absolute atomic E-state index is 5.57. The minimum atomic E-state index is 0.620. The average Bonchev–Trinajstić information content (AvgIpc) is 2.19. The molecule has 0 spiro atoms. The van der Waals surface area contributed by atoms with Crippen LogP contribution < -0.4 is 0 Å². The van der Waals surface area contributed by atoms with Crippen LogP contribution in [0.5, 0.6) is 0 Å². The van der Waals surface area contributed by atoms with Crippen LogP contribution in [0.25, 0.3) is 0 Å². The van der Waals surface area contributed by atoms with E-state index < -0.39 is 0 Å². The number of alkyl halides is 1. The van der Waals surface area contributed by atoms with Gasteiger partial charge in [0.15, 0.2) is 0 Å². The van der Waals surface area contributed by atoms with Crippen molar-refractivity contribution >= 4 is 11.6 Å². The molecular formula is C11H20ClNO. The van der Waals surface area contributed by atoms with Crippen molar-refractivity contribution in [3.63, 3.8) is 0 Å². The second-order valence-corrected chi connectivity index (χ2v) is 4.16. The van der Waals surface area contributed by atoms with Gasteiger partial charge in [-0.1, -0.05) is 12.2 Å². The molecule has 0 N–H and O–H groups in total. The van der Waals surface area contributed by atoms with E-state index in [1.807, 2.05) is 6.08 Å². The van der Waals surface area contributed by atoms with Crippen LogP contribution in [-0.4, -0.2) is 44.1 Å². The molecule has 1 unspecified atom stereocenters. The summed E-state index contributed by atoms with van der Waals surface area (Å²) in [6.07, 6.45) is 6.77. The van der Waals surface area contributed by atoms with Crippen LogP contribution in [0, 0.1) is 5.92 Å². The predicted octanol–water partition coefficient (Wildman–Crippen LogP) is 2.14. The summed E-state index contributed by atoms with van der Waals surface area (Å²) in [5, 5.41) is 0.